The van der Waals surface area contributed by atoms with Crippen LogP contribution in [0, 0.1) is 6.92 Å². The Bertz CT molecular complexity index is 735. The Morgan fingerprint density at radius 1 is 1.38 bits per heavy atom. The molecule has 0 atom stereocenters. The molecule has 0 bridgehead atoms. The van der Waals surface area contributed by atoms with Crippen LogP contribution in [0.3, 0.4) is 0 Å². The maximum atomic E-state index is 12.1. The van der Waals surface area contributed by atoms with Crippen molar-refractivity contribution in [3.05, 3.63) is 46.0 Å². The number of likely N-dealkylation sites (tertiary alicyclic amines) is 1. The highest BCUT2D eigenvalue weighted by Gasteiger charge is 2.15. The van der Waals surface area contributed by atoms with E-state index in [4.69, 9.17) is 12.2 Å². The van der Waals surface area contributed by atoms with Gasteiger partial charge in [-0.2, -0.15) is 0 Å². The van der Waals surface area contributed by atoms with Gasteiger partial charge in [0.1, 0.15) is 9.97 Å². The van der Waals surface area contributed by atoms with Gasteiger partial charge in [-0.25, -0.2) is 4.98 Å². The van der Waals surface area contributed by atoms with Crippen LogP contribution in [0.4, 0.5) is 0 Å². The van der Waals surface area contributed by atoms with Crippen LogP contribution in [0.25, 0.3) is 5.65 Å². The van der Waals surface area contributed by atoms with Gasteiger partial charge in [0.05, 0.1) is 5.69 Å². The van der Waals surface area contributed by atoms with Crippen molar-refractivity contribution in [1.82, 2.24) is 14.3 Å². The Hall–Kier alpha value is -1.40. The van der Waals surface area contributed by atoms with Crippen molar-refractivity contribution in [2.45, 2.75) is 25.5 Å². The molecule has 2 aromatic rings. The summed E-state index contributed by atoms with van der Waals surface area (Å²) in [5.74, 6) is 0.648. The second kappa shape index (κ2) is 6.15. The van der Waals surface area contributed by atoms with E-state index in [9.17, 15) is 4.79 Å². The van der Waals surface area contributed by atoms with Crippen molar-refractivity contribution in [3.63, 3.8) is 0 Å². The average molecular weight is 319 g/mol. The standard InChI is InChI=1S/C15H17N3OS2/c1-11-4-5-13-16-12(8-14(19)18(13)9-11)10-21-15(20)17-6-2-3-7-17/h4-5,8-9H,2-3,6-7,10H2,1H3. The lowest BCUT2D eigenvalue weighted by atomic mass is 10.3. The molecule has 0 N–H and O–H groups in total. The Morgan fingerprint density at radius 3 is 2.90 bits per heavy atom. The number of hydrogen-bond acceptors (Lipinski definition) is 4. The monoisotopic (exact) mass is 319 g/mol. The van der Waals surface area contributed by atoms with E-state index in [0.29, 0.717) is 11.4 Å². The molecule has 1 saturated heterocycles. The molecule has 0 saturated carbocycles. The molecule has 110 valence electrons. The molecular formula is C15H17N3OS2. The van der Waals surface area contributed by atoms with Gasteiger partial charge in [0.25, 0.3) is 5.56 Å². The molecule has 21 heavy (non-hydrogen) atoms. The van der Waals surface area contributed by atoms with Crippen LogP contribution in [0.1, 0.15) is 24.1 Å². The predicted octanol–water partition coefficient (Wildman–Crippen LogP) is 2.62. The summed E-state index contributed by atoms with van der Waals surface area (Å²) in [7, 11) is 0. The molecule has 0 amide bonds. The molecule has 0 unspecified atom stereocenters. The topological polar surface area (TPSA) is 37.6 Å². The highest BCUT2D eigenvalue weighted by atomic mass is 32.2. The van der Waals surface area contributed by atoms with Crippen molar-refractivity contribution < 1.29 is 0 Å². The quantitative estimate of drug-likeness (QED) is 0.796. The molecule has 3 heterocycles. The van der Waals surface area contributed by atoms with Gasteiger partial charge in [-0.1, -0.05) is 30.0 Å². The first-order valence-corrected chi connectivity index (χ1v) is 8.43. The van der Waals surface area contributed by atoms with Gasteiger partial charge >= 0.3 is 0 Å². The molecule has 2 aromatic heterocycles. The largest absolute Gasteiger partial charge is 0.358 e. The zero-order chi connectivity index (χ0) is 14.8. The molecule has 0 aromatic carbocycles. The van der Waals surface area contributed by atoms with E-state index in [1.807, 2.05) is 25.3 Å². The minimum Gasteiger partial charge on any atom is -0.358 e. The Morgan fingerprint density at radius 2 is 2.14 bits per heavy atom. The average Bonchev–Trinajstić information content (AvgIpc) is 3.00. The highest BCUT2D eigenvalue weighted by Crippen LogP contribution is 2.19. The molecule has 1 aliphatic rings. The summed E-state index contributed by atoms with van der Waals surface area (Å²) in [5.41, 5.74) is 2.49. The van der Waals surface area contributed by atoms with Gasteiger partial charge in [0.15, 0.2) is 0 Å². The first kappa shape index (κ1) is 14.5. The minimum absolute atomic E-state index is 0.0357. The summed E-state index contributed by atoms with van der Waals surface area (Å²) in [5, 5.41) is 0. The number of thiocarbonyl (C=S) groups is 1. The summed E-state index contributed by atoms with van der Waals surface area (Å²) in [6.07, 6.45) is 4.25. The Kier molecular flexibility index (Phi) is 4.26. The van der Waals surface area contributed by atoms with E-state index in [-0.39, 0.29) is 5.56 Å². The molecule has 3 rings (SSSR count). The molecule has 1 fully saturated rings. The predicted molar refractivity (Wildman–Crippen MR) is 90.9 cm³/mol. The van der Waals surface area contributed by atoms with E-state index in [1.54, 1.807) is 22.2 Å². The van der Waals surface area contributed by atoms with Gasteiger partial charge in [-0.05, 0) is 31.4 Å². The summed E-state index contributed by atoms with van der Waals surface area (Å²) in [4.78, 5) is 18.9. The smallest absolute Gasteiger partial charge is 0.258 e. The van der Waals surface area contributed by atoms with Gasteiger partial charge in [-0.3, -0.25) is 9.20 Å². The van der Waals surface area contributed by atoms with Crippen LogP contribution in [-0.2, 0) is 5.75 Å². The lowest BCUT2D eigenvalue weighted by molar-refractivity contribution is 0.539. The number of rotatable bonds is 2. The normalized spacial score (nSPS) is 14.8. The van der Waals surface area contributed by atoms with Crippen LogP contribution in [0.5, 0.6) is 0 Å². The Labute approximate surface area is 133 Å². The molecule has 0 aliphatic carbocycles. The molecule has 0 spiro atoms. The fourth-order valence-corrected chi connectivity index (χ4v) is 3.60. The third kappa shape index (κ3) is 3.27. The number of thioether (sulfide) groups is 1. The van der Waals surface area contributed by atoms with Crippen molar-refractivity contribution in [2.75, 3.05) is 13.1 Å². The zero-order valence-corrected chi connectivity index (χ0v) is 13.5. The molecule has 4 nitrogen and oxygen atoms in total. The maximum absolute atomic E-state index is 12.1. The highest BCUT2D eigenvalue weighted by molar-refractivity contribution is 8.22. The molecule has 6 heteroatoms. The molecule has 1 aliphatic heterocycles. The van der Waals surface area contributed by atoms with Crippen LogP contribution in [0.15, 0.2) is 29.2 Å². The molecular weight excluding hydrogens is 302 g/mol. The number of aryl methyl sites for hydroxylation is 1. The fourth-order valence-electron chi connectivity index (χ4n) is 2.46. The summed E-state index contributed by atoms with van der Waals surface area (Å²) in [6.45, 7) is 4.07. The zero-order valence-electron chi connectivity index (χ0n) is 11.9. The second-order valence-electron chi connectivity index (χ2n) is 5.27. The number of nitrogens with zero attached hydrogens (tertiary/aromatic N) is 3. The lowest BCUT2D eigenvalue weighted by Crippen LogP contribution is -2.23. The van der Waals surface area contributed by atoms with E-state index in [1.165, 1.54) is 12.8 Å². The SMILES string of the molecule is Cc1ccc2nc(CSC(=S)N3CCCC3)cc(=O)n2c1. The van der Waals surface area contributed by atoms with Crippen molar-refractivity contribution in [1.29, 1.82) is 0 Å². The third-order valence-electron chi connectivity index (χ3n) is 3.57. The first-order valence-electron chi connectivity index (χ1n) is 7.04. The van der Waals surface area contributed by atoms with Gasteiger partial charge in [-0.15, -0.1) is 0 Å². The van der Waals surface area contributed by atoms with Crippen molar-refractivity contribution >= 4 is 33.9 Å². The van der Waals surface area contributed by atoms with Gasteiger partial charge in [0, 0.05) is 31.1 Å². The van der Waals surface area contributed by atoms with Gasteiger partial charge in [0.2, 0.25) is 0 Å². The lowest BCUT2D eigenvalue weighted by Gasteiger charge is -2.17. The number of hydrogen-bond donors (Lipinski definition) is 0. The number of pyridine rings is 1. The first-order chi connectivity index (χ1) is 10.1. The van der Waals surface area contributed by atoms with E-state index >= 15 is 0 Å². The molecule has 0 radical (unpaired) electrons. The minimum atomic E-state index is -0.0357. The summed E-state index contributed by atoms with van der Waals surface area (Å²) >= 11 is 7.03. The third-order valence-corrected chi connectivity index (χ3v) is 5.13. The van der Waals surface area contributed by atoms with E-state index in [0.717, 1.165) is 28.7 Å². The fraction of sp³-hybridized carbons (Fsp3) is 0.400. The van der Waals surface area contributed by atoms with E-state index < -0.39 is 0 Å². The van der Waals surface area contributed by atoms with Crippen LogP contribution in [0.2, 0.25) is 0 Å². The summed E-state index contributed by atoms with van der Waals surface area (Å²) < 4.78 is 2.50. The van der Waals surface area contributed by atoms with E-state index in [2.05, 4.69) is 9.88 Å². The number of fused-ring (bicyclic) bond motifs is 1. The Balaban J connectivity index is 1.76. The van der Waals surface area contributed by atoms with Crippen LogP contribution >= 0.6 is 24.0 Å². The summed E-state index contributed by atoms with van der Waals surface area (Å²) in [6, 6.07) is 5.45. The van der Waals surface area contributed by atoms with Crippen LogP contribution in [-0.4, -0.2) is 31.7 Å². The van der Waals surface area contributed by atoms with Crippen LogP contribution < -0.4 is 5.56 Å². The van der Waals surface area contributed by atoms with Gasteiger partial charge < -0.3 is 4.90 Å². The second-order valence-corrected chi connectivity index (χ2v) is 6.88. The van der Waals surface area contributed by atoms with Crippen molar-refractivity contribution in [3.8, 4) is 0 Å². The number of aromatic nitrogens is 2. The van der Waals surface area contributed by atoms with Crippen molar-refractivity contribution in [2.24, 2.45) is 0 Å². The maximum Gasteiger partial charge on any atom is 0.258 e.